The minimum absolute atomic E-state index is 0.0138. The lowest BCUT2D eigenvalue weighted by atomic mass is 9.97. The van der Waals surface area contributed by atoms with Crippen LogP contribution in [0.4, 0.5) is 8.78 Å². The average Bonchev–Trinajstić information content (AvgIpc) is 2.76. The van der Waals surface area contributed by atoms with Crippen molar-refractivity contribution in [2.24, 2.45) is 5.92 Å². The zero-order valence-electron chi connectivity index (χ0n) is 9.51. The van der Waals surface area contributed by atoms with Crippen molar-refractivity contribution in [3.05, 3.63) is 35.4 Å². The van der Waals surface area contributed by atoms with Gasteiger partial charge in [-0.05, 0) is 49.2 Å². The normalized spacial score (nSPS) is 19.5. The summed E-state index contributed by atoms with van der Waals surface area (Å²) >= 11 is 0. The third kappa shape index (κ3) is 3.33. The lowest BCUT2D eigenvalue weighted by Gasteiger charge is -2.07. The molecule has 2 nitrogen and oxygen atoms in total. The summed E-state index contributed by atoms with van der Waals surface area (Å²) in [6.45, 7) is 1.78. The van der Waals surface area contributed by atoms with E-state index >= 15 is 0 Å². The van der Waals surface area contributed by atoms with Crippen molar-refractivity contribution in [3.8, 4) is 0 Å². The van der Waals surface area contributed by atoms with Crippen LogP contribution in [0.15, 0.2) is 18.2 Å². The number of ketones is 1. The van der Waals surface area contributed by atoms with E-state index in [1.807, 2.05) is 0 Å². The minimum Gasteiger partial charge on any atom is -0.316 e. The lowest BCUT2D eigenvalue weighted by molar-refractivity contribution is -0.119. The van der Waals surface area contributed by atoms with Gasteiger partial charge in [-0.25, -0.2) is 8.78 Å². The molecule has 0 aliphatic carbocycles. The number of hydrogen-bond donors (Lipinski definition) is 1. The van der Waals surface area contributed by atoms with E-state index in [1.54, 1.807) is 0 Å². The van der Waals surface area contributed by atoms with Gasteiger partial charge in [-0.15, -0.1) is 0 Å². The van der Waals surface area contributed by atoms with Gasteiger partial charge in [0.2, 0.25) is 0 Å². The number of carbonyl (C=O) groups excluding carboxylic acids is 1. The predicted octanol–water partition coefficient (Wildman–Crippen LogP) is 2.08. The third-order valence-corrected chi connectivity index (χ3v) is 3.07. The van der Waals surface area contributed by atoms with Crippen LogP contribution in [0.1, 0.15) is 18.4 Å². The first-order valence-corrected chi connectivity index (χ1v) is 5.81. The quantitative estimate of drug-likeness (QED) is 0.871. The highest BCUT2D eigenvalue weighted by atomic mass is 19.1. The van der Waals surface area contributed by atoms with Gasteiger partial charge in [0.1, 0.15) is 17.4 Å². The molecule has 0 spiro atoms. The lowest BCUT2D eigenvalue weighted by Crippen LogP contribution is -2.14. The summed E-state index contributed by atoms with van der Waals surface area (Å²) < 4.78 is 26.2. The number of benzene rings is 1. The number of rotatable bonds is 4. The maximum absolute atomic E-state index is 13.3. The van der Waals surface area contributed by atoms with Gasteiger partial charge in [-0.2, -0.15) is 0 Å². The topological polar surface area (TPSA) is 29.1 Å². The van der Waals surface area contributed by atoms with Crippen LogP contribution in [0.2, 0.25) is 0 Å². The molecule has 1 atom stereocenters. The molecule has 1 aromatic rings. The highest BCUT2D eigenvalue weighted by Crippen LogP contribution is 2.16. The second-order valence-electron chi connectivity index (χ2n) is 4.51. The van der Waals surface area contributed by atoms with Crippen LogP contribution in [0.3, 0.4) is 0 Å². The van der Waals surface area contributed by atoms with E-state index in [0.29, 0.717) is 12.3 Å². The highest BCUT2D eigenvalue weighted by molar-refractivity contribution is 5.81. The molecule has 1 saturated heterocycles. The molecule has 1 aliphatic heterocycles. The van der Waals surface area contributed by atoms with Crippen molar-refractivity contribution >= 4 is 5.78 Å². The molecule has 17 heavy (non-hydrogen) atoms. The van der Waals surface area contributed by atoms with Crippen molar-refractivity contribution in [3.63, 3.8) is 0 Å². The number of hydrogen-bond acceptors (Lipinski definition) is 2. The smallest absolute Gasteiger partial charge is 0.137 e. The summed E-state index contributed by atoms with van der Waals surface area (Å²) in [4.78, 5) is 11.7. The van der Waals surface area contributed by atoms with Gasteiger partial charge in [0.25, 0.3) is 0 Å². The van der Waals surface area contributed by atoms with Crippen LogP contribution in [-0.2, 0) is 11.2 Å². The molecule has 4 heteroatoms. The van der Waals surface area contributed by atoms with Gasteiger partial charge in [-0.1, -0.05) is 0 Å². The Morgan fingerprint density at radius 2 is 2.24 bits per heavy atom. The average molecular weight is 239 g/mol. The van der Waals surface area contributed by atoms with Gasteiger partial charge in [0.15, 0.2) is 0 Å². The Bertz CT molecular complexity index is 414. The maximum Gasteiger partial charge on any atom is 0.137 e. The fourth-order valence-electron chi connectivity index (χ4n) is 2.17. The Labute approximate surface area is 99.0 Å². The van der Waals surface area contributed by atoms with Gasteiger partial charge >= 0.3 is 0 Å². The van der Waals surface area contributed by atoms with Crippen molar-refractivity contribution < 1.29 is 13.6 Å². The van der Waals surface area contributed by atoms with Crippen LogP contribution >= 0.6 is 0 Å². The molecule has 0 bridgehead atoms. The van der Waals surface area contributed by atoms with E-state index < -0.39 is 11.6 Å². The van der Waals surface area contributed by atoms with Crippen molar-refractivity contribution in [2.75, 3.05) is 13.1 Å². The van der Waals surface area contributed by atoms with E-state index in [0.717, 1.165) is 37.7 Å². The Hall–Kier alpha value is -1.29. The molecule has 1 N–H and O–H groups in total. The number of Topliss-reactive ketones (excluding diaryl/α,β-unsaturated/α-hetero) is 1. The van der Waals surface area contributed by atoms with E-state index in [1.165, 1.54) is 0 Å². The molecule has 0 saturated carbocycles. The molecular weight excluding hydrogens is 224 g/mol. The fraction of sp³-hybridized carbons (Fsp3) is 0.462. The molecule has 1 aromatic carbocycles. The summed E-state index contributed by atoms with van der Waals surface area (Å²) in [5.74, 6) is -0.691. The summed E-state index contributed by atoms with van der Waals surface area (Å²) in [5, 5.41) is 3.18. The monoisotopic (exact) mass is 239 g/mol. The van der Waals surface area contributed by atoms with Crippen LogP contribution in [0.5, 0.6) is 0 Å². The van der Waals surface area contributed by atoms with E-state index in [2.05, 4.69) is 5.32 Å². The highest BCUT2D eigenvalue weighted by Gasteiger charge is 2.19. The van der Waals surface area contributed by atoms with Crippen LogP contribution < -0.4 is 5.32 Å². The molecular formula is C13H15F2NO. The number of nitrogens with one attached hydrogen (secondary N) is 1. The maximum atomic E-state index is 13.3. The molecule has 2 rings (SSSR count). The van der Waals surface area contributed by atoms with Crippen molar-refractivity contribution in [1.29, 1.82) is 0 Å². The molecule has 0 radical (unpaired) electrons. The van der Waals surface area contributed by atoms with Crippen molar-refractivity contribution in [2.45, 2.75) is 19.3 Å². The van der Waals surface area contributed by atoms with Crippen LogP contribution in [0, 0.1) is 17.6 Å². The Kier molecular flexibility index (Phi) is 3.84. The zero-order chi connectivity index (χ0) is 12.3. The van der Waals surface area contributed by atoms with Gasteiger partial charge in [0.05, 0.1) is 0 Å². The van der Waals surface area contributed by atoms with Gasteiger partial charge in [0, 0.05) is 12.8 Å². The SMILES string of the molecule is O=C(Cc1cc(F)ccc1F)CC1CCNC1. The van der Waals surface area contributed by atoms with Crippen LogP contribution in [-0.4, -0.2) is 18.9 Å². The third-order valence-electron chi connectivity index (χ3n) is 3.07. The summed E-state index contributed by atoms with van der Waals surface area (Å²) in [6, 6.07) is 3.22. The summed E-state index contributed by atoms with van der Waals surface area (Å²) in [5.41, 5.74) is 0.154. The first-order chi connectivity index (χ1) is 8.15. The van der Waals surface area contributed by atoms with Gasteiger partial charge < -0.3 is 5.32 Å². The zero-order valence-corrected chi connectivity index (χ0v) is 9.51. The molecule has 92 valence electrons. The van der Waals surface area contributed by atoms with E-state index in [-0.39, 0.29) is 17.8 Å². The van der Waals surface area contributed by atoms with Crippen molar-refractivity contribution in [1.82, 2.24) is 5.32 Å². The Morgan fingerprint density at radius 1 is 1.41 bits per heavy atom. The van der Waals surface area contributed by atoms with E-state index in [9.17, 15) is 13.6 Å². The largest absolute Gasteiger partial charge is 0.316 e. The molecule has 1 unspecified atom stereocenters. The Morgan fingerprint density at radius 3 is 2.94 bits per heavy atom. The number of carbonyl (C=O) groups is 1. The molecule has 1 fully saturated rings. The fourth-order valence-corrected chi connectivity index (χ4v) is 2.17. The van der Waals surface area contributed by atoms with Gasteiger partial charge in [-0.3, -0.25) is 4.79 Å². The first-order valence-electron chi connectivity index (χ1n) is 5.81. The van der Waals surface area contributed by atoms with Crippen LogP contribution in [0.25, 0.3) is 0 Å². The molecule has 1 heterocycles. The van der Waals surface area contributed by atoms with E-state index in [4.69, 9.17) is 0 Å². The summed E-state index contributed by atoms with van der Waals surface area (Å²) in [7, 11) is 0. The first kappa shape index (κ1) is 12.2. The molecule has 0 amide bonds. The second kappa shape index (κ2) is 5.36. The standard InChI is InChI=1S/C13H15F2NO/c14-11-1-2-13(15)10(6-11)7-12(17)5-9-3-4-16-8-9/h1-2,6,9,16H,3-5,7-8H2. The summed E-state index contributed by atoms with van der Waals surface area (Å²) in [6.07, 6.45) is 1.42. The molecule has 1 aliphatic rings. The molecule has 0 aromatic heterocycles. The predicted molar refractivity (Wildman–Crippen MR) is 60.7 cm³/mol. The number of halogens is 2. The minimum atomic E-state index is -0.510. The Balaban J connectivity index is 1.95. The second-order valence-corrected chi connectivity index (χ2v) is 4.51.